The number of nitrogen functional groups attached to an aromatic ring is 1. The van der Waals surface area contributed by atoms with Crippen molar-refractivity contribution >= 4 is 11.6 Å². The molecule has 1 aliphatic heterocycles. The van der Waals surface area contributed by atoms with Gasteiger partial charge in [0.05, 0.1) is 24.1 Å². The van der Waals surface area contributed by atoms with E-state index in [1.165, 1.54) is 5.69 Å². The van der Waals surface area contributed by atoms with Crippen molar-refractivity contribution in [3.8, 4) is 0 Å². The maximum atomic E-state index is 5.63. The number of anilines is 2. The lowest BCUT2D eigenvalue weighted by Gasteiger charge is -2.40. The second kappa shape index (κ2) is 3.97. The van der Waals surface area contributed by atoms with Gasteiger partial charge in [-0.05, 0) is 19.9 Å². The third kappa shape index (κ3) is 1.79. The number of hydrogen-bond donors (Lipinski definition) is 1. The van der Waals surface area contributed by atoms with E-state index in [4.69, 9.17) is 5.73 Å². The average molecular weight is 244 g/mol. The molecule has 6 nitrogen and oxygen atoms in total. The first-order valence-electron chi connectivity index (χ1n) is 5.98. The summed E-state index contributed by atoms with van der Waals surface area (Å²) >= 11 is 0. The summed E-state index contributed by atoms with van der Waals surface area (Å²) in [6, 6.07) is 2.52. The number of hydrogen-bond acceptors (Lipinski definition) is 5. The van der Waals surface area contributed by atoms with E-state index < -0.39 is 0 Å². The van der Waals surface area contributed by atoms with Crippen molar-refractivity contribution in [1.82, 2.24) is 19.7 Å². The second-order valence-electron chi connectivity index (χ2n) is 4.73. The van der Waals surface area contributed by atoms with Crippen LogP contribution in [0.1, 0.15) is 17.4 Å². The minimum atomic E-state index is 0.418. The summed E-state index contributed by atoms with van der Waals surface area (Å²) < 4.78 is 2.09. The normalized spacial score (nSPS) is 15.8. The van der Waals surface area contributed by atoms with Crippen LogP contribution < -0.4 is 10.6 Å². The number of nitrogens with zero attached hydrogens (tertiary/aromatic N) is 5. The quantitative estimate of drug-likeness (QED) is 0.851. The fourth-order valence-electron chi connectivity index (χ4n) is 2.34. The van der Waals surface area contributed by atoms with Gasteiger partial charge in [-0.2, -0.15) is 5.10 Å². The van der Waals surface area contributed by atoms with Crippen LogP contribution in [-0.2, 0) is 0 Å². The highest BCUT2D eigenvalue weighted by molar-refractivity contribution is 5.44. The van der Waals surface area contributed by atoms with E-state index in [0.717, 1.165) is 24.6 Å². The van der Waals surface area contributed by atoms with Crippen LogP contribution >= 0.6 is 0 Å². The summed E-state index contributed by atoms with van der Waals surface area (Å²) in [6.45, 7) is 5.91. The molecule has 1 fully saturated rings. The Morgan fingerprint density at radius 1 is 1.28 bits per heavy atom. The van der Waals surface area contributed by atoms with Crippen LogP contribution in [0.3, 0.4) is 0 Å². The van der Waals surface area contributed by atoms with Crippen LogP contribution in [0.2, 0.25) is 0 Å². The van der Waals surface area contributed by atoms with E-state index in [2.05, 4.69) is 37.6 Å². The molecule has 0 spiro atoms. The molecule has 0 saturated carbocycles. The largest absolute Gasteiger partial charge is 0.382 e. The highest BCUT2D eigenvalue weighted by Crippen LogP contribution is 2.26. The fraction of sp³-hybridized carbons (Fsp3) is 0.417. The van der Waals surface area contributed by atoms with Crippen molar-refractivity contribution < 1.29 is 0 Å². The average Bonchev–Trinajstić information content (AvgIpc) is 2.56. The summed E-state index contributed by atoms with van der Waals surface area (Å²) in [5, 5.41) is 4.51. The van der Waals surface area contributed by atoms with E-state index >= 15 is 0 Å². The molecule has 6 heteroatoms. The summed E-state index contributed by atoms with van der Waals surface area (Å²) in [4.78, 5) is 10.5. The van der Waals surface area contributed by atoms with Gasteiger partial charge in [0.15, 0.2) is 0 Å². The van der Waals surface area contributed by atoms with Gasteiger partial charge in [0.2, 0.25) is 0 Å². The number of nitrogens with two attached hydrogens (primary N) is 1. The molecule has 0 atom stereocenters. The molecule has 0 amide bonds. The van der Waals surface area contributed by atoms with Crippen molar-refractivity contribution in [3.05, 3.63) is 29.8 Å². The molecule has 3 rings (SSSR count). The van der Waals surface area contributed by atoms with Crippen LogP contribution in [0, 0.1) is 13.8 Å². The Kier molecular flexibility index (Phi) is 2.43. The molecule has 2 N–H and O–H groups in total. The van der Waals surface area contributed by atoms with Crippen molar-refractivity contribution in [2.45, 2.75) is 19.9 Å². The smallest absolute Gasteiger partial charge is 0.149 e. The molecule has 0 aromatic carbocycles. The molecular weight excluding hydrogens is 228 g/mol. The van der Waals surface area contributed by atoms with Gasteiger partial charge in [-0.15, -0.1) is 0 Å². The predicted molar refractivity (Wildman–Crippen MR) is 69.4 cm³/mol. The lowest BCUT2D eigenvalue weighted by atomic mass is 10.1. The molecule has 0 aliphatic carbocycles. The number of rotatable bonds is 2. The van der Waals surface area contributed by atoms with Crippen molar-refractivity contribution in [2.75, 3.05) is 23.7 Å². The van der Waals surface area contributed by atoms with Gasteiger partial charge in [-0.3, -0.25) is 9.67 Å². The summed E-state index contributed by atoms with van der Waals surface area (Å²) in [5.41, 5.74) is 7.90. The second-order valence-corrected chi connectivity index (χ2v) is 4.73. The Balaban J connectivity index is 1.72. The molecule has 1 aliphatic rings. The van der Waals surface area contributed by atoms with Crippen LogP contribution in [0.25, 0.3) is 0 Å². The van der Waals surface area contributed by atoms with Crippen LogP contribution in [0.5, 0.6) is 0 Å². The van der Waals surface area contributed by atoms with E-state index in [1.54, 1.807) is 12.4 Å². The van der Waals surface area contributed by atoms with Gasteiger partial charge >= 0.3 is 0 Å². The monoisotopic (exact) mass is 244 g/mol. The van der Waals surface area contributed by atoms with Crippen LogP contribution in [0.15, 0.2) is 18.5 Å². The molecule has 0 radical (unpaired) electrons. The molecule has 0 bridgehead atoms. The van der Waals surface area contributed by atoms with Crippen LogP contribution in [-0.4, -0.2) is 32.8 Å². The molecule has 3 heterocycles. The summed E-state index contributed by atoms with van der Waals surface area (Å²) in [5.74, 6) is 1.30. The van der Waals surface area contributed by atoms with Crippen LogP contribution in [0.4, 0.5) is 11.6 Å². The van der Waals surface area contributed by atoms with Gasteiger partial charge in [0.25, 0.3) is 0 Å². The number of aromatic nitrogens is 4. The summed E-state index contributed by atoms with van der Waals surface area (Å²) in [6.07, 6.45) is 3.30. The van der Waals surface area contributed by atoms with E-state index in [9.17, 15) is 0 Å². The molecular formula is C12H16N6. The highest BCUT2D eigenvalue weighted by Gasteiger charge is 2.30. The van der Waals surface area contributed by atoms with Gasteiger partial charge in [-0.1, -0.05) is 0 Å². The standard InChI is InChI=1S/C12H16N6/c1-8-3-9(2)18(16-8)10-6-17(7-10)12-5-14-4-11(13)15-12/h3-5,10H,6-7H2,1-2H3,(H2,13,15). The Morgan fingerprint density at radius 3 is 2.67 bits per heavy atom. The molecule has 2 aromatic heterocycles. The first kappa shape index (κ1) is 11.0. The lowest BCUT2D eigenvalue weighted by molar-refractivity contribution is 0.358. The minimum Gasteiger partial charge on any atom is -0.382 e. The van der Waals surface area contributed by atoms with Gasteiger partial charge in [0.1, 0.15) is 11.6 Å². The zero-order valence-corrected chi connectivity index (χ0v) is 10.5. The maximum absolute atomic E-state index is 5.63. The van der Waals surface area contributed by atoms with Crippen molar-refractivity contribution in [3.63, 3.8) is 0 Å². The van der Waals surface area contributed by atoms with Crippen molar-refractivity contribution in [2.24, 2.45) is 0 Å². The SMILES string of the molecule is Cc1cc(C)n(C2CN(c3cncc(N)n3)C2)n1. The van der Waals surface area contributed by atoms with Crippen molar-refractivity contribution in [1.29, 1.82) is 0 Å². The molecule has 2 aromatic rings. The first-order chi connectivity index (χ1) is 8.63. The zero-order valence-electron chi connectivity index (χ0n) is 10.5. The Morgan fingerprint density at radius 2 is 2.06 bits per heavy atom. The fourth-order valence-corrected chi connectivity index (χ4v) is 2.34. The van der Waals surface area contributed by atoms with Gasteiger partial charge < -0.3 is 10.6 Å². The van der Waals surface area contributed by atoms with Gasteiger partial charge in [0, 0.05) is 18.8 Å². The van der Waals surface area contributed by atoms with E-state index in [-0.39, 0.29) is 0 Å². The Hall–Kier alpha value is -2.11. The molecule has 94 valence electrons. The van der Waals surface area contributed by atoms with Gasteiger partial charge in [-0.25, -0.2) is 4.98 Å². The predicted octanol–water partition coefficient (Wildman–Crippen LogP) is 0.933. The topological polar surface area (TPSA) is 72.9 Å². The Bertz CT molecular complexity index is 570. The first-order valence-corrected chi connectivity index (χ1v) is 5.98. The maximum Gasteiger partial charge on any atom is 0.149 e. The lowest BCUT2D eigenvalue weighted by Crippen LogP contribution is -2.48. The summed E-state index contributed by atoms with van der Waals surface area (Å²) in [7, 11) is 0. The third-order valence-corrected chi connectivity index (χ3v) is 3.22. The minimum absolute atomic E-state index is 0.418. The highest BCUT2D eigenvalue weighted by atomic mass is 15.4. The molecule has 0 unspecified atom stereocenters. The zero-order chi connectivity index (χ0) is 12.7. The Labute approximate surface area is 105 Å². The molecule has 18 heavy (non-hydrogen) atoms. The molecule has 1 saturated heterocycles. The third-order valence-electron chi connectivity index (χ3n) is 3.22. The van der Waals surface area contributed by atoms with E-state index in [1.807, 2.05) is 6.92 Å². The van der Waals surface area contributed by atoms with E-state index in [0.29, 0.717) is 11.9 Å². The number of aryl methyl sites for hydroxylation is 2.